The fourth-order valence-corrected chi connectivity index (χ4v) is 1.36. The molecular weight excluding hydrogens is 206 g/mol. The SMILES string of the molecule is CC(C)Oc1cccc(C[C@@H](N)C(=O)O)c1. The van der Waals surface area contributed by atoms with Crippen LogP contribution in [0.5, 0.6) is 5.75 Å². The number of benzene rings is 1. The molecule has 88 valence electrons. The molecule has 16 heavy (non-hydrogen) atoms. The van der Waals surface area contributed by atoms with Gasteiger partial charge in [0.15, 0.2) is 0 Å². The highest BCUT2D eigenvalue weighted by Gasteiger charge is 2.12. The standard InChI is InChI=1S/C12H17NO3/c1-8(2)16-10-5-3-4-9(6-10)7-11(13)12(14)15/h3-6,8,11H,7,13H2,1-2H3,(H,14,15)/t11-/m1/s1. The van der Waals surface area contributed by atoms with Gasteiger partial charge in [-0.25, -0.2) is 0 Å². The lowest BCUT2D eigenvalue weighted by atomic mass is 10.1. The predicted octanol–water partition coefficient (Wildman–Crippen LogP) is 1.43. The molecule has 0 aliphatic carbocycles. The number of ether oxygens (including phenoxy) is 1. The normalized spacial score (nSPS) is 12.5. The Hall–Kier alpha value is -1.55. The maximum atomic E-state index is 10.6. The van der Waals surface area contributed by atoms with Crippen LogP contribution in [0.25, 0.3) is 0 Å². The van der Waals surface area contributed by atoms with E-state index in [1.165, 1.54) is 0 Å². The minimum atomic E-state index is -0.991. The summed E-state index contributed by atoms with van der Waals surface area (Å²) >= 11 is 0. The van der Waals surface area contributed by atoms with Crippen molar-refractivity contribution in [3.8, 4) is 5.75 Å². The number of rotatable bonds is 5. The summed E-state index contributed by atoms with van der Waals surface area (Å²) in [4.78, 5) is 10.6. The van der Waals surface area contributed by atoms with E-state index in [4.69, 9.17) is 15.6 Å². The maximum Gasteiger partial charge on any atom is 0.320 e. The topological polar surface area (TPSA) is 72.5 Å². The van der Waals surface area contributed by atoms with Crippen LogP contribution in [-0.2, 0) is 11.2 Å². The molecule has 0 aromatic heterocycles. The van der Waals surface area contributed by atoms with Gasteiger partial charge >= 0.3 is 5.97 Å². The number of nitrogens with two attached hydrogens (primary N) is 1. The van der Waals surface area contributed by atoms with E-state index in [9.17, 15) is 4.79 Å². The highest BCUT2D eigenvalue weighted by atomic mass is 16.5. The molecule has 4 heteroatoms. The van der Waals surface area contributed by atoms with E-state index >= 15 is 0 Å². The summed E-state index contributed by atoms with van der Waals surface area (Å²) in [5.74, 6) is -0.250. The quantitative estimate of drug-likeness (QED) is 0.792. The lowest BCUT2D eigenvalue weighted by Crippen LogP contribution is -2.32. The number of carbonyl (C=O) groups is 1. The van der Waals surface area contributed by atoms with Gasteiger partial charge in [0, 0.05) is 0 Å². The zero-order chi connectivity index (χ0) is 12.1. The van der Waals surface area contributed by atoms with Crippen LogP contribution < -0.4 is 10.5 Å². The Morgan fingerprint density at radius 2 is 2.19 bits per heavy atom. The van der Waals surface area contributed by atoms with E-state index in [-0.39, 0.29) is 6.10 Å². The second-order valence-corrected chi connectivity index (χ2v) is 3.96. The highest BCUT2D eigenvalue weighted by molar-refractivity contribution is 5.73. The summed E-state index contributed by atoms with van der Waals surface area (Å²) in [6.07, 6.45) is 0.411. The van der Waals surface area contributed by atoms with Crippen LogP contribution in [0, 0.1) is 0 Å². The zero-order valence-electron chi connectivity index (χ0n) is 9.51. The van der Waals surface area contributed by atoms with Crippen molar-refractivity contribution in [3.63, 3.8) is 0 Å². The van der Waals surface area contributed by atoms with Crippen molar-refractivity contribution < 1.29 is 14.6 Å². The molecule has 0 saturated carbocycles. The van der Waals surface area contributed by atoms with E-state index < -0.39 is 12.0 Å². The number of carboxylic acid groups (broad SMARTS) is 1. The highest BCUT2D eigenvalue weighted by Crippen LogP contribution is 2.15. The van der Waals surface area contributed by atoms with Crippen LogP contribution in [0.15, 0.2) is 24.3 Å². The van der Waals surface area contributed by atoms with Crippen LogP contribution in [0.4, 0.5) is 0 Å². The molecule has 0 aliphatic heterocycles. The van der Waals surface area contributed by atoms with Crippen molar-refractivity contribution in [1.82, 2.24) is 0 Å². The van der Waals surface area contributed by atoms with Crippen LogP contribution in [-0.4, -0.2) is 23.2 Å². The van der Waals surface area contributed by atoms with Gasteiger partial charge in [0.05, 0.1) is 6.10 Å². The Kier molecular flexibility index (Phi) is 4.31. The molecule has 0 aliphatic rings. The molecule has 3 N–H and O–H groups in total. The molecule has 0 amide bonds. The third-order valence-electron chi connectivity index (χ3n) is 2.04. The molecule has 0 unspecified atom stereocenters. The lowest BCUT2D eigenvalue weighted by Gasteiger charge is -2.11. The van der Waals surface area contributed by atoms with E-state index in [0.717, 1.165) is 11.3 Å². The van der Waals surface area contributed by atoms with Crippen molar-refractivity contribution in [2.45, 2.75) is 32.4 Å². The fourth-order valence-electron chi connectivity index (χ4n) is 1.36. The van der Waals surface area contributed by atoms with Gasteiger partial charge in [0.25, 0.3) is 0 Å². The first kappa shape index (κ1) is 12.5. The Bertz CT molecular complexity index is 363. The molecule has 1 aromatic rings. The average Bonchev–Trinajstić information content (AvgIpc) is 2.16. The number of aliphatic carboxylic acids is 1. The van der Waals surface area contributed by atoms with Crippen molar-refractivity contribution >= 4 is 5.97 Å². The largest absolute Gasteiger partial charge is 0.491 e. The first-order chi connectivity index (χ1) is 7.49. The second kappa shape index (κ2) is 5.51. The van der Waals surface area contributed by atoms with Gasteiger partial charge < -0.3 is 15.6 Å². The number of hydrogen-bond acceptors (Lipinski definition) is 3. The van der Waals surface area contributed by atoms with Gasteiger partial charge in [0.1, 0.15) is 11.8 Å². The van der Waals surface area contributed by atoms with Gasteiger partial charge in [-0.05, 0) is 38.0 Å². The summed E-state index contributed by atoms with van der Waals surface area (Å²) in [6.45, 7) is 3.88. The van der Waals surface area contributed by atoms with E-state index in [2.05, 4.69) is 0 Å². The van der Waals surface area contributed by atoms with Crippen molar-refractivity contribution in [2.75, 3.05) is 0 Å². The summed E-state index contributed by atoms with van der Waals surface area (Å²) in [5, 5.41) is 8.70. The molecule has 4 nitrogen and oxygen atoms in total. The first-order valence-electron chi connectivity index (χ1n) is 5.23. The Morgan fingerprint density at radius 1 is 1.50 bits per heavy atom. The monoisotopic (exact) mass is 223 g/mol. The van der Waals surface area contributed by atoms with Gasteiger partial charge in [-0.3, -0.25) is 4.79 Å². The lowest BCUT2D eigenvalue weighted by molar-refractivity contribution is -0.138. The van der Waals surface area contributed by atoms with Gasteiger partial charge in [-0.1, -0.05) is 12.1 Å². The molecule has 0 heterocycles. The van der Waals surface area contributed by atoms with Crippen LogP contribution >= 0.6 is 0 Å². The van der Waals surface area contributed by atoms with Gasteiger partial charge in [-0.2, -0.15) is 0 Å². The van der Waals surface area contributed by atoms with E-state index in [1.807, 2.05) is 38.1 Å². The maximum absolute atomic E-state index is 10.6. The number of carboxylic acids is 1. The molecule has 0 bridgehead atoms. The summed E-state index contributed by atoms with van der Waals surface area (Å²) in [7, 11) is 0. The molecule has 0 spiro atoms. The smallest absolute Gasteiger partial charge is 0.320 e. The summed E-state index contributed by atoms with van der Waals surface area (Å²) in [5.41, 5.74) is 6.33. The average molecular weight is 223 g/mol. The third-order valence-corrected chi connectivity index (χ3v) is 2.04. The zero-order valence-corrected chi connectivity index (χ0v) is 9.51. The van der Waals surface area contributed by atoms with Crippen molar-refractivity contribution in [1.29, 1.82) is 0 Å². The van der Waals surface area contributed by atoms with Gasteiger partial charge in [-0.15, -0.1) is 0 Å². The number of hydrogen-bond donors (Lipinski definition) is 2. The summed E-state index contributed by atoms with van der Waals surface area (Å²) in [6, 6.07) is 6.48. The van der Waals surface area contributed by atoms with Gasteiger partial charge in [0.2, 0.25) is 0 Å². The molecular formula is C12H17NO3. The van der Waals surface area contributed by atoms with E-state index in [0.29, 0.717) is 6.42 Å². The Morgan fingerprint density at radius 3 is 2.75 bits per heavy atom. The van der Waals surface area contributed by atoms with Crippen LogP contribution in [0.2, 0.25) is 0 Å². The second-order valence-electron chi connectivity index (χ2n) is 3.96. The molecule has 1 atom stereocenters. The van der Waals surface area contributed by atoms with Crippen molar-refractivity contribution in [3.05, 3.63) is 29.8 Å². The molecule has 1 aromatic carbocycles. The summed E-state index contributed by atoms with van der Waals surface area (Å²) < 4.78 is 5.51. The van der Waals surface area contributed by atoms with Crippen LogP contribution in [0.3, 0.4) is 0 Å². The third kappa shape index (κ3) is 3.90. The van der Waals surface area contributed by atoms with Crippen molar-refractivity contribution in [2.24, 2.45) is 5.73 Å². The molecule has 1 rings (SSSR count). The Labute approximate surface area is 95.0 Å². The predicted molar refractivity (Wildman–Crippen MR) is 61.5 cm³/mol. The van der Waals surface area contributed by atoms with E-state index in [1.54, 1.807) is 0 Å². The minimum absolute atomic E-state index is 0.100. The first-order valence-corrected chi connectivity index (χ1v) is 5.23. The van der Waals surface area contributed by atoms with Crippen LogP contribution in [0.1, 0.15) is 19.4 Å². The fraction of sp³-hybridized carbons (Fsp3) is 0.417. The minimum Gasteiger partial charge on any atom is -0.491 e. The molecule has 0 saturated heterocycles. The molecule has 0 radical (unpaired) electrons. The molecule has 0 fully saturated rings. The Balaban J connectivity index is 2.70.